The average Bonchev–Trinajstić information content (AvgIpc) is 3.00. The summed E-state index contributed by atoms with van der Waals surface area (Å²) in [7, 11) is 2.13. The number of benzene rings is 1. The Morgan fingerprint density at radius 3 is 2.83 bits per heavy atom. The van der Waals surface area contributed by atoms with Crippen LogP contribution in [0.1, 0.15) is 6.42 Å². The van der Waals surface area contributed by atoms with Crippen LogP contribution in [0.25, 0.3) is 5.69 Å². The van der Waals surface area contributed by atoms with Gasteiger partial charge < -0.3 is 10.2 Å². The van der Waals surface area contributed by atoms with Crippen molar-refractivity contribution in [2.45, 2.75) is 12.5 Å². The topological polar surface area (TPSA) is 58.9 Å². The highest BCUT2D eigenvalue weighted by molar-refractivity contribution is 5.39. The number of anilines is 1. The molecule has 1 saturated heterocycles. The molecule has 2 aromatic rings. The molecule has 1 N–H and O–H groups in total. The largest absolute Gasteiger partial charge is 0.349 e. The molecule has 0 aliphatic carbocycles. The zero-order chi connectivity index (χ0) is 12.4. The Labute approximate surface area is 106 Å². The van der Waals surface area contributed by atoms with Crippen LogP contribution in [0.5, 0.6) is 0 Å². The van der Waals surface area contributed by atoms with Gasteiger partial charge >= 0.3 is 0 Å². The number of rotatable bonds is 3. The van der Waals surface area contributed by atoms with Gasteiger partial charge in [0.2, 0.25) is 5.95 Å². The van der Waals surface area contributed by atoms with Crippen LogP contribution in [0, 0.1) is 0 Å². The molecule has 3 rings (SSSR count). The minimum absolute atomic E-state index is 0.420. The summed E-state index contributed by atoms with van der Waals surface area (Å²) in [5.74, 6) is 0.710. The van der Waals surface area contributed by atoms with Crippen molar-refractivity contribution in [3.8, 4) is 5.69 Å². The van der Waals surface area contributed by atoms with Gasteiger partial charge in [0, 0.05) is 12.6 Å². The standard InChI is InChI=1S/C12H16N6/c1-17-8-7-10(9-17)13-12-14-15-16-18(12)11-5-3-2-4-6-11/h2-6,10H,7-9H2,1H3,(H,13,14,16). The number of likely N-dealkylation sites (tertiary alicyclic amines) is 1. The molecule has 1 aromatic heterocycles. The van der Waals surface area contributed by atoms with Gasteiger partial charge in [-0.15, -0.1) is 0 Å². The second-order valence-electron chi connectivity index (χ2n) is 4.64. The molecule has 1 unspecified atom stereocenters. The first-order chi connectivity index (χ1) is 8.83. The van der Waals surface area contributed by atoms with Crippen molar-refractivity contribution >= 4 is 5.95 Å². The molecule has 6 heteroatoms. The highest BCUT2D eigenvalue weighted by atomic mass is 15.6. The zero-order valence-corrected chi connectivity index (χ0v) is 10.3. The summed E-state index contributed by atoms with van der Waals surface area (Å²) in [5.41, 5.74) is 0.969. The monoisotopic (exact) mass is 244 g/mol. The van der Waals surface area contributed by atoms with E-state index in [1.54, 1.807) is 4.68 Å². The van der Waals surface area contributed by atoms with E-state index in [0.717, 1.165) is 25.2 Å². The molecule has 6 nitrogen and oxygen atoms in total. The van der Waals surface area contributed by atoms with Crippen LogP contribution < -0.4 is 5.32 Å². The van der Waals surface area contributed by atoms with Gasteiger partial charge in [0.1, 0.15) is 0 Å². The highest BCUT2D eigenvalue weighted by Crippen LogP contribution is 2.15. The lowest BCUT2D eigenvalue weighted by molar-refractivity contribution is 0.414. The van der Waals surface area contributed by atoms with Crippen molar-refractivity contribution in [1.29, 1.82) is 0 Å². The van der Waals surface area contributed by atoms with Crippen molar-refractivity contribution in [3.05, 3.63) is 30.3 Å². The predicted molar refractivity (Wildman–Crippen MR) is 68.7 cm³/mol. The number of likely N-dealkylation sites (N-methyl/N-ethyl adjacent to an activating group) is 1. The third kappa shape index (κ3) is 2.19. The zero-order valence-electron chi connectivity index (χ0n) is 10.3. The van der Waals surface area contributed by atoms with Gasteiger partial charge in [0.05, 0.1) is 5.69 Å². The van der Waals surface area contributed by atoms with Crippen LogP contribution >= 0.6 is 0 Å². The van der Waals surface area contributed by atoms with E-state index in [-0.39, 0.29) is 0 Å². The first kappa shape index (κ1) is 11.2. The molecule has 18 heavy (non-hydrogen) atoms. The van der Waals surface area contributed by atoms with Gasteiger partial charge in [-0.3, -0.25) is 0 Å². The summed E-state index contributed by atoms with van der Waals surface area (Å²) in [6.45, 7) is 2.15. The van der Waals surface area contributed by atoms with Gasteiger partial charge in [-0.05, 0) is 42.6 Å². The maximum absolute atomic E-state index is 4.05. The molecule has 1 aromatic carbocycles. The fourth-order valence-electron chi connectivity index (χ4n) is 2.26. The summed E-state index contributed by atoms with van der Waals surface area (Å²) < 4.78 is 1.73. The van der Waals surface area contributed by atoms with Gasteiger partial charge in [-0.2, -0.15) is 4.68 Å². The second kappa shape index (κ2) is 4.73. The average molecular weight is 244 g/mol. The Bertz CT molecular complexity index is 508. The molecule has 0 radical (unpaired) electrons. The van der Waals surface area contributed by atoms with E-state index in [2.05, 4.69) is 32.8 Å². The Balaban J connectivity index is 1.80. The quantitative estimate of drug-likeness (QED) is 0.864. The van der Waals surface area contributed by atoms with Crippen LogP contribution in [0.3, 0.4) is 0 Å². The lowest BCUT2D eigenvalue weighted by atomic mass is 10.3. The Morgan fingerprint density at radius 1 is 1.28 bits per heavy atom. The van der Waals surface area contributed by atoms with Crippen molar-refractivity contribution in [1.82, 2.24) is 25.1 Å². The molecule has 0 spiro atoms. The maximum Gasteiger partial charge on any atom is 0.248 e. The molecule has 94 valence electrons. The Morgan fingerprint density at radius 2 is 2.11 bits per heavy atom. The smallest absolute Gasteiger partial charge is 0.248 e. The molecule has 0 saturated carbocycles. The molecular formula is C12H16N6. The SMILES string of the molecule is CN1CCC(Nc2nnnn2-c2ccccc2)C1. The maximum atomic E-state index is 4.05. The lowest BCUT2D eigenvalue weighted by Gasteiger charge is -2.13. The van der Waals surface area contributed by atoms with Crippen LogP contribution in [0.15, 0.2) is 30.3 Å². The number of hydrogen-bond acceptors (Lipinski definition) is 5. The van der Waals surface area contributed by atoms with Gasteiger partial charge in [-0.25, -0.2) is 0 Å². The summed E-state index contributed by atoms with van der Waals surface area (Å²) in [4.78, 5) is 2.30. The summed E-state index contributed by atoms with van der Waals surface area (Å²) in [6, 6.07) is 10.3. The van der Waals surface area contributed by atoms with Gasteiger partial charge in [0.15, 0.2) is 0 Å². The normalized spacial score (nSPS) is 20.2. The Kier molecular flexibility index (Phi) is 2.93. The van der Waals surface area contributed by atoms with E-state index in [9.17, 15) is 0 Å². The molecule has 1 fully saturated rings. The minimum Gasteiger partial charge on any atom is -0.349 e. The molecular weight excluding hydrogens is 228 g/mol. The van der Waals surface area contributed by atoms with E-state index in [0.29, 0.717) is 12.0 Å². The first-order valence-electron chi connectivity index (χ1n) is 6.12. The number of para-hydroxylation sites is 1. The predicted octanol–water partition coefficient (Wildman–Crippen LogP) is 0.778. The summed E-state index contributed by atoms with van der Waals surface area (Å²) in [6.07, 6.45) is 1.12. The van der Waals surface area contributed by atoms with Crippen LogP contribution in [0.4, 0.5) is 5.95 Å². The molecule has 2 heterocycles. The van der Waals surface area contributed by atoms with Crippen LogP contribution in [-0.4, -0.2) is 51.3 Å². The Hall–Kier alpha value is -1.95. The fraction of sp³-hybridized carbons (Fsp3) is 0.417. The van der Waals surface area contributed by atoms with E-state index in [4.69, 9.17) is 0 Å². The second-order valence-corrected chi connectivity index (χ2v) is 4.64. The van der Waals surface area contributed by atoms with E-state index in [1.807, 2.05) is 30.3 Å². The third-order valence-corrected chi connectivity index (χ3v) is 3.19. The highest BCUT2D eigenvalue weighted by Gasteiger charge is 2.21. The number of nitrogens with zero attached hydrogens (tertiary/aromatic N) is 5. The van der Waals surface area contributed by atoms with Crippen molar-refractivity contribution in [2.24, 2.45) is 0 Å². The van der Waals surface area contributed by atoms with E-state index >= 15 is 0 Å². The van der Waals surface area contributed by atoms with Crippen molar-refractivity contribution < 1.29 is 0 Å². The molecule has 1 aliphatic heterocycles. The molecule has 0 bridgehead atoms. The van der Waals surface area contributed by atoms with Crippen LogP contribution in [0.2, 0.25) is 0 Å². The van der Waals surface area contributed by atoms with Crippen LogP contribution in [-0.2, 0) is 0 Å². The van der Waals surface area contributed by atoms with E-state index in [1.165, 1.54) is 0 Å². The summed E-state index contributed by atoms with van der Waals surface area (Å²) >= 11 is 0. The van der Waals surface area contributed by atoms with Crippen molar-refractivity contribution in [3.63, 3.8) is 0 Å². The first-order valence-corrected chi connectivity index (χ1v) is 6.12. The minimum atomic E-state index is 0.420. The lowest BCUT2D eigenvalue weighted by Crippen LogP contribution is -2.25. The number of hydrogen-bond donors (Lipinski definition) is 1. The fourth-order valence-corrected chi connectivity index (χ4v) is 2.26. The third-order valence-electron chi connectivity index (χ3n) is 3.19. The molecule has 1 atom stereocenters. The summed E-state index contributed by atoms with van der Waals surface area (Å²) in [5, 5.41) is 15.2. The number of tetrazole rings is 1. The van der Waals surface area contributed by atoms with E-state index < -0.39 is 0 Å². The molecule has 0 amide bonds. The van der Waals surface area contributed by atoms with Crippen molar-refractivity contribution in [2.75, 3.05) is 25.5 Å². The number of nitrogens with one attached hydrogen (secondary N) is 1. The molecule has 1 aliphatic rings. The van der Waals surface area contributed by atoms with Gasteiger partial charge in [-0.1, -0.05) is 23.3 Å². The number of aromatic nitrogens is 4. The van der Waals surface area contributed by atoms with Gasteiger partial charge in [0.25, 0.3) is 0 Å².